The summed E-state index contributed by atoms with van der Waals surface area (Å²) in [5.74, 6) is 0.150. The summed E-state index contributed by atoms with van der Waals surface area (Å²) in [6.45, 7) is 6.10. The van der Waals surface area contributed by atoms with Crippen molar-refractivity contribution in [2.75, 3.05) is 0 Å². The Labute approximate surface area is 135 Å². The third kappa shape index (κ3) is 3.16. The number of hydrogen-bond acceptors (Lipinski definition) is 4. The first-order valence-electron chi connectivity index (χ1n) is 7.41. The summed E-state index contributed by atoms with van der Waals surface area (Å²) in [7, 11) is 0. The van der Waals surface area contributed by atoms with E-state index < -0.39 is 0 Å². The molecule has 3 rings (SSSR count). The van der Waals surface area contributed by atoms with Gasteiger partial charge in [0.1, 0.15) is 0 Å². The maximum Gasteiger partial charge on any atom is 0.312 e. The van der Waals surface area contributed by atoms with Crippen LogP contribution in [0.4, 0.5) is 5.69 Å². The standard InChI is InChI=1S/C19H18N2O2/c1-12-9-13(2)17(14(3)10-12)20-11-16-19(22)23-18(21-16)15-7-5-4-6-8-15/h4-11,22H,1-3H3. The monoisotopic (exact) mass is 306 g/mol. The summed E-state index contributed by atoms with van der Waals surface area (Å²) in [6, 6.07) is 13.6. The molecule has 0 saturated heterocycles. The normalized spacial score (nSPS) is 11.3. The summed E-state index contributed by atoms with van der Waals surface area (Å²) >= 11 is 0. The van der Waals surface area contributed by atoms with Crippen molar-refractivity contribution in [3.05, 3.63) is 64.8 Å². The summed E-state index contributed by atoms with van der Waals surface area (Å²) in [4.78, 5) is 8.78. The van der Waals surface area contributed by atoms with Crippen LogP contribution < -0.4 is 0 Å². The molecule has 116 valence electrons. The summed E-state index contributed by atoms with van der Waals surface area (Å²) in [5, 5.41) is 9.93. The highest BCUT2D eigenvalue weighted by Gasteiger charge is 2.12. The van der Waals surface area contributed by atoms with Crippen LogP contribution in [0, 0.1) is 20.8 Å². The molecule has 0 spiro atoms. The van der Waals surface area contributed by atoms with Crippen LogP contribution in [0.5, 0.6) is 5.95 Å². The smallest absolute Gasteiger partial charge is 0.312 e. The molecule has 0 fully saturated rings. The molecule has 2 aromatic carbocycles. The molecule has 0 amide bonds. The van der Waals surface area contributed by atoms with E-state index in [-0.39, 0.29) is 5.95 Å². The lowest BCUT2D eigenvalue weighted by molar-refractivity contribution is 0.337. The summed E-state index contributed by atoms with van der Waals surface area (Å²) < 4.78 is 5.32. The number of aromatic nitrogens is 1. The van der Waals surface area contributed by atoms with E-state index >= 15 is 0 Å². The Morgan fingerprint density at radius 1 is 1.04 bits per heavy atom. The molecule has 0 saturated carbocycles. The molecule has 1 heterocycles. The van der Waals surface area contributed by atoms with Gasteiger partial charge in [-0.3, -0.25) is 4.99 Å². The molecule has 4 heteroatoms. The predicted molar refractivity (Wildman–Crippen MR) is 91.5 cm³/mol. The van der Waals surface area contributed by atoms with Crippen molar-refractivity contribution >= 4 is 11.9 Å². The number of oxazole rings is 1. The second-order valence-corrected chi connectivity index (χ2v) is 5.58. The van der Waals surface area contributed by atoms with Gasteiger partial charge in [0.25, 0.3) is 0 Å². The van der Waals surface area contributed by atoms with Gasteiger partial charge in [0.2, 0.25) is 5.89 Å². The van der Waals surface area contributed by atoms with Gasteiger partial charge in [-0.2, -0.15) is 0 Å². The van der Waals surface area contributed by atoms with Crippen LogP contribution in [0.1, 0.15) is 22.4 Å². The first kappa shape index (κ1) is 15.0. The third-order valence-electron chi connectivity index (χ3n) is 3.61. The van der Waals surface area contributed by atoms with Crippen molar-refractivity contribution in [2.45, 2.75) is 20.8 Å². The Morgan fingerprint density at radius 2 is 1.70 bits per heavy atom. The van der Waals surface area contributed by atoms with E-state index in [4.69, 9.17) is 4.42 Å². The SMILES string of the molecule is Cc1cc(C)c(N=Cc2nc(-c3ccccc3)oc2O)c(C)c1. The Balaban J connectivity index is 1.94. The minimum Gasteiger partial charge on any atom is -0.479 e. The Morgan fingerprint density at radius 3 is 2.35 bits per heavy atom. The van der Waals surface area contributed by atoms with Crippen molar-refractivity contribution in [3.8, 4) is 17.4 Å². The average Bonchev–Trinajstić information content (AvgIpc) is 2.88. The second-order valence-electron chi connectivity index (χ2n) is 5.58. The molecule has 0 bridgehead atoms. The zero-order chi connectivity index (χ0) is 16.4. The predicted octanol–water partition coefficient (Wildman–Crippen LogP) is 4.72. The van der Waals surface area contributed by atoms with Gasteiger partial charge in [-0.25, -0.2) is 4.98 Å². The van der Waals surface area contributed by atoms with Crippen molar-refractivity contribution in [1.29, 1.82) is 0 Å². The minimum atomic E-state index is -0.227. The van der Waals surface area contributed by atoms with E-state index in [1.165, 1.54) is 11.8 Å². The van der Waals surface area contributed by atoms with E-state index in [0.717, 1.165) is 22.4 Å². The van der Waals surface area contributed by atoms with E-state index in [9.17, 15) is 5.11 Å². The first-order chi connectivity index (χ1) is 11.0. The van der Waals surface area contributed by atoms with Crippen LogP contribution >= 0.6 is 0 Å². The molecule has 0 radical (unpaired) electrons. The third-order valence-corrected chi connectivity index (χ3v) is 3.61. The topological polar surface area (TPSA) is 58.6 Å². The summed E-state index contributed by atoms with van der Waals surface area (Å²) in [5.41, 5.74) is 5.40. The fraction of sp³-hybridized carbons (Fsp3) is 0.158. The minimum absolute atomic E-state index is 0.227. The Bertz CT molecular complexity index is 841. The Kier molecular flexibility index (Phi) is 3.98. The molecule has 0 unspecified atom stereocenters. The van der Waals surface area contributed by atoms with Crippen LogP contribution in [-0.4, -0.2) is 16.3 Å². The molecule has 0 aliphatic rings. The first-order valence-corrected chi connectivity index (χ1v) is 7.41. The summed E-state index contributed by atoms with van der Waals surface area (Å²) in [6.07, 6.45) is 1.54. The van der Waals surface area contributed by atoms with Crippen molar-refractivity contribution in [3.63, 3.8) is 0 Å². The zero-order valence-electron chi connectivity index (χ0n) is 13.4. The Hall–Kier alpha value is -2.88. The zero-order valence-corrected chi connectivity index (χ0v) is 13.4. The average molecular weight is 306 g/mol. The molecule has 3 aromatic rings. The fourth-order valence-corrected chi connectivity index (χ4v) is 2.61. The van der Waals surface area contributed by atoms with Gasteiger partial charge in [-0.05, 0) is 44.0 Å². The number of aliphatic imine (C=N–C) groups is 1. The lowest BCUT2D eigenvalue weighted by Crippen LogP contribution is -1.86. The maximum atomic E-state index is 9.93. The van der Waals surface area contributed by atoms with Gasteiger partial charge >= 0.3 is 5.95 Å². The van der Waals surface area contributed by atoms with Crippen molar-refractivity contribution < 1.29 is 9.52 Å². The number of nitrogens with zero attached hydrogens (tertiary/aromatic N) is 2. The molecule has 23 heavy (non-hydrogen) atoms. The van der Waals surface area contributed by atoms with Crippen LogP contribution in [0.15, 0.2) is 51.9 Å². The highest BCUT2D eigenvalue weighted by Crippen LogP contribution is 2.28. The number of aromatic hydroxyl groups is 1. The van der Waals surface area contributed by atoms with Crippen LogP contribution in [-0.2, 0) is 0 Å². The van der Waals surface area contributed by atoms with E-state index in [1.807, 2.05) is 44.2 Å². The van der Waals surface area contributed by atoms with E-state index in [2.05, 4.69) is 29.0 Å². The number of rotatable bonds is 3. The molecule has 1 N–H and O–H groups in total. The van der Waals surface area contributed by atoms with Gasteiger partial charge in [0.05, 0.1) is 11.9 Å². The highest BCUT2D eigenvalue weighted by molar-refractivity contribution is 5.83. The fourth-order valence-electron chi connectivity index (χ4n) is 2.61. The second kappa shape index (κ2) is 6.08. The van der Waals surface area contributed by atoms with Gasteiger partial charge in [-0.1, -0.05) is 35.9 Å². The molecule has 0 aliphatic carbocycles. The molecule has 1 aromatic heterocycles. The number of hydrogen-bond donors (Lipinski definition) is 1. The maximum absolute atomic E-state index is 9.93. The number of aryl methyl sites for hydroxylation is 3. The quantitative estimate of drug-likeness (QED) is 0.712. The molecular formula is C19H18N2O2. The number of benzene rings is 2. The highest BCUT2D eigenvalue weighted by atomic mass is 16.5. The lowest BCUT2D eigenvalue weighted by Gasteiger charge is -2.05. The van der Waals surface area contributed by atoms with E-state index in [1.54, 1.807) is 0 Å². The molecule has 0 atom stereocenters. The van der Waals surface area contributed by atoms with Crippen LogP contribution in [0.2, 0.25) is 0 Å². The van der Waals surface area contributed by atoms with E-state index in [0.29, 0.717) is 11.6 Å². The van der Waals surface area contributed by atoms with Crippen LogP contribution in [0.25, 0.3) is 11.5 Å². The molecule has 0 aliphatic heterocycles. The molecule has 4 nitrogen and oxygen atoms in total. The van der Waals surface area contributed by atoms with Crippen molar-refractivity contribution in [1.82, 2.24) is 4.98 Å². The van der Waals surface area contributed by atoms with Gasteiger partial charge < -0.3 is 9.52 Å². The van der Waals surface area contributed by atoms with Gasteiger partial charge in [0.15, 0.2) is 5.69 Å². The van der Waals surface area contributed by atoms with Gasteiger partial charge in [-0.15, -0.1) is 0 Å². The molecular weight excluding hydrogens is 288 g/mol. The van der Waals surface area contributed by atoms with Crippen LogP contribution in [0.3, 0.4) is 0 Å². The van der Waals surface area contributed by atoms with Gasteiger partial charge in [0, 0.05) is 5.56 Å². The van der Waals surface area contributed by atoms with Crippen molar-refractivity contribution in [2.24, 2.45) is 4.99 Å². The largest absolute Gasteiger partial charge is 0.479 e. The lowest BCUT2D eigenvalue weighted by atomic mass is 10.1.